The van der Waals surface area contributed by atoms with Crippen molar-refractivity contribution in [2.45, 2.75) is 30.2 Å². The summed E-state index contributed by atoms with van der Waals surface area (Å²) in [6.45, 7) is 0.167. The number of rotatable bonds is 3. The van der Waals surface area contributed by atoms with Gasteiger partial charge in [-0.3, -0.25) is 4.79 Å². The molecular weight excluding hydrogens is 316 g/mol. The number of carbonyl (C=O) groups is 1. The SMILES string of the molecule is O=C1Cc2cc(S(=O)(=O)N3CCC[C@@H]3CO)c(Cl)cc2N1. The van der Waals surface area contributed by atoms with E-state index in [2.05, 4.69) is 5.32 Å². The van der Waals surface area contributed by atoms with E-state index in [1.54, 1.807) is 0 Å². The Labute approximate surface area is 127 Å². The number of aliphatic hydroxyl groups excluding tert-OH is 1. The lowest BCUT2D eigenvalue weighted by atomic mass is 10.2. The van der Waals surface area contributed by atoms with Crippen molar-refractivity contribution in [1.29, 1.82) is 0 Å². The molecule has 2 aliphatic rings. The van der Waals surface area contributed by atoms with Crippen molar-refractivity contribution in [3.63, 3.8) is 0 Å². The number of hydrogen-bond donors (Lipinski definition) is 2. The van der Waals surface area contributed by atoms with Gasteiger partial charge in [0.2, 0.25) is 15.9 Å². The summed E-state index contributed by atoms with van der Waals surface area (Å²) in [7, 11) is -3.77. The minimum Gasteiger partial charge on any atom is -0.395 e. The van der Waals surface area contributed by atoms with Gasteiger partial charge in [0.15, 0.2) is 0 Å². The smallest absolute Gasteiger partial charge is 0.244 e. The van der Waals surface area contributed by atoms with Gasteiger partial charge in [-0.2, -0.15) is 4.31 Å². The first kappa shape index (κ1) is 14.8. The van der Waals surface area contributed by atoms with Gasteiger partial charge in [0, 0.05) is 18.3 Å². The minimum atomic E-state index is -3.77. The molecule has 0 spiro atoms. The Bertz CT molecular complexity index is 704. The van der Waals surface area contributed by atoms with Crippen LogP contribution in [0.15, 0.2) is 17.0 Å². The average molecular weight is 331 g/mol. The second kappa shape index (κ2) is 5.24. The Morgan fingerprint density at radius 2 is 2.19 bits per heavy atom. The first-order chi connectivity index (χ1) is 9.93. The van der Waals surface area contributed by atoms with Crippen LogP contribution in [0.4, 0.5) is 5.69 Å². The van der Waals surface area contributed by atoms with E-state index in [0.29, 0.717) is 30.6 Å². The monoisotopic (exact) mass is 330 g/mol. The number of fused-ring (bicyclic) bond motifs is 1. The summed E-state index contributed by atoms with van der Waals surface area (Å²) < 4.78 is 26.8. The number of anilines is 1. The van der Waals surface area contributed by atoms with Gasteiger partial charge in [-0.05, 0) is 30.5 Å². The lowest BCUT2D eigenvalue weighted by molar-refractivity contribution is -0.115. The molecule has 1 fully saturated rings. The van der Waals surface area contributed by atoms with E-state index in [1.165, 1.54) is 16.4 Å². The third-order valence-electron chi connectivity index (χ3n) is 3.90. The molecule has 0 radical (unpaired) electrons. The van der Waals surface area contributed by atoms with Crippen molar-refractivity contribution in [2.75, 3.05) is 18.5 Å². The fourth-order valence-corrected chi connectivity index (χ4v) is 5.10. The highest BCUT2D eigenvalue weighted by molar-refractivity contribution is 7.89. The first-order valence-electron chi connectivity index (χ1n) is 6.68. The Morgan fingerprint density at radius 1 is 1.43 bits per heavy atom. The van der Waals surface area contributed by atoms with Crippen LogP contribution >= 0.6 is 11.6 Å². The molecule has 8 heteroatoms. The third-order valence-corrected chi connectivity index (χ3v) is 6.32. The topological polar surface area (TPSA) is 86.7 Å². The van der Waals surface area contributed by atoms with E-state index < -0.39 is 16.1 Å². The number of nitrogens with one attached hydrogen (secondary N) is 1. The first-order valence-corrected chi connectivity index (χ1v) is 8.50. The van der Waals surface area contributed by atoms with Gasteiger partial charge in [0.25, 0.3) is 0 Å². The molecule has 114 valence electrons. The van der Waals surface area contributed by atoms with Crippen LogP contribution in [0.2, 0.25) is 5.02 Å². The number of benzene rings is 1. The zero-order chi connectivity index (χ0) is 15.2. The van der Waals surface area contributed by atoms with E-state index in [-0.39, 0.29) is 28.9 Å². The third kappa shape index (κ3) is 2.44. The van der Waals surface area contributed by atoms with Crippen LogP contribution in [0.5, 0.6) is 0 Å². The number of sulfonamides is 1. The molecule has 1 aromatic rings. The minimum absolute atomic E-state index is 0.000216. The highest BCUT2D eigenvalue weighted by atomic mass is 35.5. The van der Waals surface area contributed by atoms with Crippen molar-refractivity contribution in [1.82, 2.24) is 4.31 Å². The van der Waals surface area contributed by atoms with Gasteiger partial charge < -0.3 is 10.4 Å². The highest BCUT2D eigenvalue weighted by Crippen LogP contribution is 2.35. The summed E-state index contributed by atoms with van der Waals surface area (Å²) in [4.78, 5) is 11.4. The quantitative estimate of drug-likeness (QED) is 0.865. The van der Waals surface area contributed by atoms with Crippen LogP contribution in [0, 0.1) is 0 Å². The number of hydrogen-bond acceptors (Lipinski definition) is 4. The average Bonchev–Trinajstić information content (AvgIpc) is 3.02. The normalized spacial score (nSPS) is 22.4. The van der Waals surface area contributed by atoms with E-state index in [1.807, 2.05) is 0 Å². The van der Waals surface area contributed by atoms with E-state index in [4.69, 9.17) is 11.6 Å². The second-order valence-electron chi connectivity index (χ2n) is 5.26. The summed E-state index contributed by atoms with van der Waals surface area (Å²) in [6, 6.07) is 2.52. The molecular formula is C13H15ClN2O4S. The lowest BCUT2D eigenvalue weighted by Gasteiger charge is -2.23. The molecule has 21 heavy (non-hydrogen) atoms. The molecule has 6 nitrogen and oxygen atoms in total. The predicted octanol–water partition coefficient (Wildman–Crippen LogP) is 0.980. The van der Waals surface area contributed by atoms with Crippen molar-refractivity contribution >= 4 is 33.2 Å². The molecule has 0 unspecified atom stereocenters. The maximum Gasteiger partial charge on any atom is 0.244 e. The van der Waals surface area contributed by atoms with Crippen LogP contribution in [-0.2, 0) is 21.2 Å². The fourth-order valence-electron chi connectivity index (χ4n) is 2.86. The predicted molar refractivity (Wildman–Crippen MR) is 77.8 cm³/mol. The molecule has 2 aliphatic heterocycles. The Kier molecular flexibility index (Phi) is 3.69. The maximum absolute atomic E-state index is 12.7. The number of carbonyl (C=O) groups excluding carboxylic acids is 1. The van der Waals surface area contributed by atoms with Gasteiger partial charge in [0.1, 0.15) is 4.90 Å². The molecule has 3 rings (SSSR count). The van der Waals surface area contributed by atoms with E-state index in [9.17, 15) is 18.3 Å². The van der Waals surface area contributed by atoms with Crippen molar-refractivity contribution < 1.29 is 18.3 Å². The van der Waals surface area contributed by atoms with Gasteiger partial charge >= 0.3 is 0 Å². The molecule has 2 N–H and O–H groups in total. The molecule has 2 heterocycles. The number of nitrogens with zero attached hydrogens (tertiary/aromatic N) is 1. The standard InChI is InChI=1S/C13H15ClN2O4S/c14-10-6-11-8(5-13(18)15-11)4-12(10)21(19,20)16-3-1-2-9(16)7-17/h4,6,9,17H,1-3,5,7H2,(H,15,18)/t9-/m1/s1. The van der Waals surface area contributed by atoms with Crippen LogP contribution in [0.1, 0.15) is 18.4 Å². The van der Waals surface area contributed by atoms with Crippen molar-refractivity contribution in [3.05, 3.63) is 22.7 Å². The highest BCUT2D eigenvalue weighted by Gasteiger charge is 2.36. The van der Waals surface area contributed by atoms with Gasteiger partial charge in [-0.1, -0.05) is 11.6 Å². The van der Waals surface area contributed by atoms with Crippen LogP contribution in [0.25, 0.3) is 0 Å². The van der Waals surface area contributed by atoms with E-state index in [0.717, 1.165) is 0 Å². The number of aliphatic hydroxyl groups is 1. The molecule has 0 aromatic heterocycles. The van der Waals surface area contributed by atoms with Gasteiger partial charge in [-0.15, -0.1) is 0 Å². The van der Waals surface area contributed by atoms with Crippen LogP contribution < -0.4 is 5.32 Å². The van der Waals surface area contributed by atoms with Crippen LogP contribution in [-0.4, -0.2) is 42.9 Å². The summed E-state index contributed by atoms with van der Waals surface area (Å²) in [5, 5.41) is 12.0. The summed E-state index contributed by atoms with van der Waals surface area (Å²) >= 11 is 6.09. The summed E-state index contributed by atoms with van der Waals surface area (Å²) in [5.74, 6) is -0.176. The molecule has 0 aliphatic carbocycles. The molecule has 1 atom stereocenters. The zero-order valence-electron chi connectivity index (χ0n) is 11.2. The maximum atomic E-state index is 12.7. The van der Waals surface area contributed by atoms with E-state index >= 15 is 0 Å². The Hall–Kier alpha value is -1.15. The fraction of sp³-hybridized carbons (Fsp3) is 0.462. The van der Waals surface area contributed by atoms with Gasteiger partial charge in [-0.25, -0.2) is 8.42 Å². The molecule has 1 saturated heterocycles. The summed E-state index contributed by atoms with van der Waals surface area (Å²) in [6.07, 6.45) is 1.50. The van der Waals surface area contributed by atoms with Crippen molar-refractivity contribution in [2.24, 2.45) is 0 Å². The number of amides is 1. The molecule has 1 aromatic carbocycles. The Balaban J connectivity index is 2.04. The zero-order valence-corrected chi connectivity index (χ0v) is 12.7. The van der Waals surface area contributed by atoms with Gasteiger partial charge in [0.05, 0.1) is 18.1 Å². The Morgan fingerprint density at radius 3 is 2.90 bits per heavy atom. The molecule has 0 saturated carbocycles. The summed E-state index contributed by atoms with van der Waals surface area (Å²) in [5.41, 5.74) is 1.19. The largest absolute Gasteiger partial charge is 0.395 e. The van der Waals surface area contributed by atoms with Crippen molar-refractivity contribution in [3.8, 4) is 0 Å². The molecule has 0 bridgehead atoms. The van der Waals surface area contributed by atoms with Crippen LogP contribution in [0.3, 0.4) is 0 Å². The molecule has 1 amide bonds. The lowest BCUT2D eigenvalue weighted by Crippen LogP contribution is -2.37. The number of halogens is 1. The second-order valence-corrected chi connectivity index (χ2v) is 7.53.